The van der Waals surface area contributed by atoms with E-state index in [0.717, 1.165) is 18.1 Å². The number of thioether (sulfide) groups is 1. The monoisotopic (exact) mass is 286 g/mol. The fraction of sp³-hybridized carbons (Fsp3) is 0.929. The summed E-state index contributed by atoms with van der Waals surface area (Å²) in [4.78, 5) is 14.4. The zero-order valence-corrected chi connectivity index (χ0v) is 13.3. The summed E-state index contributed by atoms with van der Waals surface area (Å²) < 4.78 is 6.02. The van der Waals surface area contributed by atoms with Crippen molar-refractivity contribution in [3.8, 4) is 0 Å². The first kappa shape index (κ1) is 15.1. The van der Waals surface area contributed by atoms with Gasteiger partial charge in [-0.3, -0.25) is 4.79 Å². The normalized spacial score (nSPS) is 30.1. The van der Waals surface area contributed by atoms with Crippen LogP contribution in [0.5, 0.6) is 0 Å². The Balaban J connectivity index is 1.94. The van der Waals surface area contributed by atoms with Crippen molar-refractivity contribution in [1.82, 2.24) is 10.2 Å². The van der Waals surface area contributed by atoms with Crippen LogP contribution in [-0.2, 0) is 9.53 Å². The van der Waals surface area contributed by atoms with Crippen LogP contribution in [0.25, 0.3) is 0 Å². The van der Waals surface area contributed by atoms with E-state index in [-0.39, 0.29) is 17.1 Å². The quantitative estimate of drug-likeness (QED) is 0.835. The van der Waals surface area contributed by atoms with E-state index in [2.05, 4.69) is 33.0 Å². The molecule has 0 spiro atoms. The van der Waals surface area contributed by atoms with E-state index in [1.165, 1.54) is 0 Å². The maximum atomic E-state index is 12.5. The molecular formula is C14H26N2O2S. The Labute approximate surface area is 120 Å². The number of hydrogen-bond acceptors (Lipinski definition) is 4. The summed E-state index contributed by atoms with van der Waals surface area (Å²) in [7, 11) is 0. The van der Waals surface area contributed by atoms with Gasteiger partial charge in [-0.05, 0) is 27.7 Å². The van der Waals surface area contributed by atoms with Gasteiger partial charge in [-0.2, -0.15) is 11.8 Å². The lowest BCUT2D eigenvalue weighted by Gasteiger charge is -2.47. The summed E-state index contributed by atoms with van der Waals surface area (Å²) in [5, 5.41) is 3.43. The van der Waals surface area contributed by atoms with Gasteiger partial charge in [0.2, 0.25) is 5.91 Å². The van der Waals surface area contributed by atoms with E-state index in [1.807, 2.05) is 16.7 Å². The third-order valence-corrected chi connectivity index (χ3v) is 4.60. The first-order valence-corrected chi connectivity index (χ1v) is 8.22. The minimum atomic E-state index is -0.258. The second-order valence-corrected chi connectivity index (χ2v) is 7.95. The largest absolute Gasteiger partial charge is 0.366 e. The van der Waals surface area contributed by atoms with Crippen molar-refractivity contribution in [2.75, 3.05) is 31.1 Å². The number of rotatable bonds is 2. The molecule has 1 amide bonds. The summed E-state index contributed by atoms with van der Waals surface area (Å²) in [6.07, 6.45) is 0.610. The van der Waals surface area contributed by atoms with Gasteiger partial charge in [-0.1, -0.05) is 0 Å². The lowest BCUT2D eigenvalue weighted by Crippen LogP contribution is -2.59. The highest BCUT2D eigenvalue weighted by Gasteiger charge is 2.40. The predicted octanol–water partition coefficient (Wildman–Crippen LogP) is 1.50. The highest BCUT2D eigenvalue weighted by atomic mass is 32.2. The van der Waals surface area contributed by atoms with E-state index < -0.39 is 0 Å². The third kappa shape index (κ3) is 4.36. The molecule has 110 valence electrons. The Bertz CT molecular complexity index is 322. The van der Waals surface area contributed by atoms with Crippen LogP contribution in [0.1, 0.15) is 34.1 Å². The summed E-state index contributed by atoms with van der Waals surface area (Å²) in [5.41, 5.74) is -0.516. The van der Waals surface area contributed by atoms with Crippen molar-refractivity contribution >= 4 is 17.7 Å². The third-order valence-electron chi connectivity index (χ3n) is 3.47. The first-order chi connectivity index (χ1) is 8.77. The highest BCUT2D eigenvalue weighted by Crippen LogP contribution is 2.28. The summed E-state index contributed by atoms with van der Waals surface area (Å²) >= 11 is 1.93. The molecule has 2 fully saturated rings. The Hall–Kier alpha value is -0.260. The predicted molar refractivity (Wildman–Crippen MR) is 79.6 cm³/mol. The van der Waals surface area contributed by atoms with E-state index in [9.17, 15) is 4.79 Å². The van der Waals surface area contributed by atoms with Crippen molar-refractivity contribution in [2.24, 2.45) is 0 Å². The summed E-state index contributed by atoms with van der Waals surface area (Å²) in [6.45, 7) is 10.6. The molecule has 0 aromatic rings. The SMILES string of the molecule is CC1(C)CN(C(=O)CC2CSCCN2)CC(C)(C)O1. The van der Waals surface area contributed by atoms with Gasteiger partial charge >= 0.3 is 0 Å². The molecule has 0 aromatic heterocycles. The van der Waals surface area contributed by atoms with Crippen LogP contribution in [-0.4, -0.2) is 59.2 Å². The summed E-state index contributed by atoms with van der Waals surface area (Å²) in [6, 6.07) is 0.334. The number of nitrogens with one attached hydrogen (secondary N) is 1. The van der Waals surface area contributed by atoms with Crippen LogP contribution >= 0.6 is 11.8 Å². The smallest absolute Gasteiger partial charge is 0.224 e. The van der Waals surface area contributed by atoms with Crippen molar-refractivity contribution in [3.05, 3.63) is 0 Å². The fourth-order valence-corrected chi connectivity index (χ4v) is 4.00. The minimum Gasteiger partial charge on any atom is -0.366 e. The topological polar surface area (TPSA) is 41.6 Å². The van der Waals surface area contributed by atoms with Crippen LogP contribution in [0.2, 0.25) is 0 Å². The minimum absolute atomic E-state index is 0.254. The van der Waals surface area contributed by atoms with Crippen molar-refractivity contribution < 1.29 is 9.53 Å². The molecular weight excluding hydrogens is 260 g/mol. The molecule has 2 aliphatic heterocycles. The molecule has 4 nitrogen and oxygen atoms in total. The molecule has 2 heterocycles. The van der Waals surface area contributed by atoms with Crippen LogP contribution in [0.4, 0.5) is 0 Å². The molecule has 2 aliphatic rings. The second kappa shape index (κ2) is 5.62. The van der Waals surface area contributed by atoms with Crippen LogP contribution in [0, 0.1) is 0 Å². The Morgan fingerprint density at radius 1 is 1.32 bits per heavy atom. The van der Waals surface area contributed by atoms with Gasteiger partial charge < -0.3 is 15.0 Å². The van der Waals surface area contributed by atoms with Gasteiger partial charge in [-0.15, -0.1) is 0 Å². The molecule has 0 bridgehead atoms. The van der Waals surface area contributed by atoms with Gasteiger partial charge in [0.15, 0.2) is 0 Å². The van der Waals surface area contributed by atoms with Crippen LogP contribution in [0.15, 0.2) is 0 Å². The maximum absolute atomic E-state index is 12.5. The fourth-order valence-electron chi connectivity index (χ4n) is 3.05. The van der Waals surface area contributed by atoms with Gasteiger partial charge in [-0.25, -0.2) is 0 Å². The number of amides is 1. The number of ether oxygens (including phenoxy) is 1. The lowest BCUT2D eigenvalue weighted by molar-refractivity contribution is -0.188. The zero-order chi connectivity index (χ0) is 14.1. The van der Waals surface area contributed by atoms with Crippen molar-refractivity contribution in [3.63, 3.8) is 0 Å². The van der Waals surface area contributed by atoms with Gasteiger partial charge in [0.05, 0.1) is 11.2 Å². The Morgan fingerprint density at radius 3 is 2.47 bits per heavy atom. The number of hydrogen-bond donors (Lipinski definition) is 1. The molecule has 5 heteroatoms. The standard InChI is InChI=1S/C14H26N2O2S/c1-13(2)9-16(10-14(3,4)18-13)12(17)7-11-8-19-6-5-15-11/h11,15H,5-10H2,1-4H3. The Morgan fingerprint density at radius 2 is 1.95 bits per heavy atom. The first-order valence-electron chi connectivity index (χ1n) is 7.07. The van der Waals surface area contributed by atoms with Crippen molar-refractivity contribution in [2.45, 2.75) is 51.4 Å². The molecule has 0 saturated carbocycles. The number of morpholine rings is 1. The second-order valence-electron chi connectivity index (χ2n) is 6.80. The summed E-state index contributed by atoms with van der Waals surface area (Å²) in [5.74, 6) is 2.45. The number of carbonyl (C=O) groups is 1. The molecule has 0 radical (unpaired) electrons. The molecule has 2 saturated heterocycles. The van der Waals surface area contributed by atoms with E-state index in [4.69, 9.17) is 4.74 Å². The number of nitrogens with zero attached hydrogens (tertiary/aromatic N) is 1. The molecule has 1 N–H and O–H groups in total. The molecule has 19 heavy (non-hydrogen) atoms. The van der Waals surface area contributed by atoms with Crippen molar-refractivity contribution in [1.29, 1.82) is 0 Å². The molecule has 2 rings (SSSR count). The zero-order valence-electron chi connectivity index (χ0n) is 12.5. The van der Waals surface area contributed by atoms with Gasteiger partial charge in [0, 0.05) is 43.6 Å². The maximum Gasteiger partial charge on any atom is 0.224 e. The molecule has 0 aliphatic carbocycles. The average molecular weight is 286 g/mol. The van der Waals surface area contributed by atoms with Gasteiger partial charge in [0.25, 0.3) is 0 Å². The average Bonchev–Trinajstić information content (AvgIpc) is 2.26. The molecule has 1 atom stereocenters. The highest BCUT2D eigenvalue weighted by molar-refractivity contribution is 7.99. The van der Waals surface area contributed by atoms with E-state index in [0.29, 0.717) is 25.6 Å². The Kier molecular flexibility index (Phi) is 4.48. The number of carbonyl (C=O) groups excluding carboxylic acids is 1. The van der Waals surface area contributed by atoms with Crippen LogP contribution < -0.4 is 5.32 Å². The molecule has 0 aromatic carbocycles. The van der Waals surface area contributed by atoms with Gasteiger partial charge in [0.1, 0.15) is 0 Å². The molecule has 1 unspecified atom stereocenters. The lowest BCUT2D eigenvalue weighted by atomic mass is 9.98. The van der Waals surface area contributed by atoms with E-state index >= 15 is 0 Å². The van der Waals surface area contributed by atoms with E-state index in [1.54, 1.807) is 0 Å². The van der Waals surface area contributed by atoms with Crippen LogP contribution in [0.3, 0.4) is 0 Å².